The zero-order valence-electron chi connectivity index (χ0n) is 25.4. The number of alkyl halides is 3. The third kappa shape index (κ3) is 6.63. The predicted molar refractivity (Wildman–Crippen MR) is 164 cm³/mol. The summed E-state index contributed by atoms with van der Waals surface area (Å²) in [5.41, 5.74) is -0.519. The standard InChI is InChI=1S/C31H36ClF3N8O3/c1-40-25(23-18-43(17-19-3-2-4-19)39-26(23)31(33,34)35)16-37-27(40)28(44)38-21-5-6-22(24(32)15-21)30(46)42-13-11-41(12-14-42)29(45)20-7-9-36-10-8-20/h5-6,15-16,18-20,36H,2-4,7-14,17H2,1H3,(H,38,44). The number of rotatable bonds is 7. The van der Waals surface area contributed by atoms with Crippen molar-refractivity contribution in [3.8, 4) is 11.3 Å². The first-order valence-corrected chi connectivity index (χ1v) is 15.9. The Morgan fingerprint density at radius 3 is 2.37 bits per heavy atom. The molecule has 3 aromatic rings. The highest BCUT2D eigenvalue weighted by Gasteiger charge is 2.39. The minimum atomic E-state index is -4.68. The van der Waals surface area contributed by atoms with Crippen LogP contribution in [0.2, 0.25) is 5.02 Å². The maximum Gasteiger partial charge on any atom is 0.435 e. The number of carbonyl (C=O) groups is 3. The second kappa shape index (κ2) is 13.1. The van der Waals surface area contributed by atoms with E-state index < -0.39 is 17.8 Å². The lowest BCUT2D eigenvalue weighted by Gasteiger charge is -2.37. The Kier molecular flexibility index (Phi) is 9.10. The molecule has 0 atom stereocenters. The number of imidazole rings is 1. The molecule has 1 saturated carbocycles. The van der Waals surface area contributed by atoms with Gasteiger partial charge in [-0.1, -0.05) is 18.0 Å². The molecule has 3 aliphatic rings. The van der Waals surface area contributed by atoms with Crippen molar-refractivity contribution in [3.63, 3.8) is 0 Å². The van der Waals surface area contributed by atoms with Crippen LogP contribution < -0.4 is 10.6 Å². The summed E-state index contributed by atoms with van der Waals surface area (Å²) in [6.07, 6.45) is 2.54. The lowest BCUT2D eigenvalue weighted by molar-refractivity contribution is -0.141. The van der Waals surface area contributed by atoms with Crippen molar-refractivity contribution in [2.75, 3.05) is 44.6 Å². The number of piperidine rings is 1. The molecule has 3 amide bonds. The molecule has 0 bridgehead atoms. The summed E-state index contributed by atoms with van der Waals surface area (Å²) in [6.45, 7) is 3.77. The first-order chi connectivity index (χ1) is 22.0. The first kappa shape index (κ1) is 32.0. The van der Waals surface area contributed by atoms with Crippen molar-refractivity contribution < 1.29 is 27.6 Å². The van der Waals surface area contributed by atoms with Crippen LogP contribution in [0, 0.1) is 11.8 Å². The second-order valence-corrected chi connectivity index (χ2v) is 12.6. The van der Waals surface area contributed by atoms with E-state index >= 15 is 0 Å². The number of hydrogen-bond donors (Lipinski definition) is 2. The van der Waals surface area contributed by atoms with Gasteiger partial charge in [-0.2, -0.15) is 18.3 Å². The quantitative estimate of drug-likeness (QED) is 0.391. The molecule has 15 heteroatoms. The summed E-state index contributed by atoms with van der Waals surface area (Å²) in [5.74, 6) is -0.566. The van der Waals surface area contributed by atoms with Gasteiger partial charge in [-0.25, -0.2) is 4.98 Å². The van der Waals surface area contributed by atoms with E-state index in [1.807, 2.05) is 4.90 Å². The molecule has 2 N–H and O–H groups in total. The van der Waals surface area contributed by atoms with E-state index in [0.717, 1.165) is 45.2 Å². The van der Waals surface area contributed by atoms with Crippen LogP contribution in [0.25, 0.3) is 11.3 Å². The number of anilines is 1. The number of halogens is 4. The Morgan fingerprint density at radius 2 is 1.74 bits per heavy atom. The smallest absolute Gasteiger partial charge is 0.339 e. The Balaban J connectivity index is 1.10. The molecule has 1 aliphatic carbocycles. The topological polar surface area (TPSA) is 117 Å². The molecule has 2 aliphatic heterocycles. The molecule has 6 rings (SSSR count). The van der Waals surface area contributed by atoms with Crippen LogP contribution >= 0.6 is 11.6 Å². The fourth-order valence-corrected chi connectivity index (χ4v) is 6.56. The number of benzene rings is 1. The van der Waals surface area contributed by atoms with Crippen LogP contribution in [0.5, 0.6) is 0 Å². The molecule has 2 aromatic heterocycles. The average Bonchev–Trinajstić information content (AvgIpc) is 3.62. The largest absolute Gasteiger partial charge is 0.435 e. The highest BCUT2D eigenvalue weighted by atomic mass is 35.5. The zero-order valence-corrected chi connectivity index (χ0v) is 26.2. The molecule has 4 heterocycles. The van der Waals surface area contributed by atoms with Gasteiger partial charge in [0, 0.05) is 57.6 Å². The average molecular weight is 661 g/mol. The van der Waals surface area contributed by atoms with E-state index in [0.29, 0.717) is 38.6 Å². The molecule has 2 saturated heterocycles. The number of piperazine rings is 1. The van der Waals surface area contributed by atoms with Crippen LogP contribution in [0.3, 0.4) is 0 Å². The van der Waals surface area contributed by atoms with Crippen molar-refractivity contribution in [3.05, 3.63) is 52.7 Å². The van der Waals surface area contributed by atoms with Crippen molar-refractivity contribution in [1.29, 1.82) is 0 Å². The van der Waals surface area contributed by atoms with E-state index in [4.69, 9.17) is 11.6 Å². The summed E-state index contributed by atoms with van der Waals surface area (Å²) in [5, 5.41) is 9.89. The van der Waals surface area contributed by atoms with E-state index in [9.17, 15) is 27.6 Å². The third-order valence-electron chi connectivity index (χ3n) is 9.19. The number of nitrogens with zero attached hydrogens (tertiary/aromatic N) is 6. The molecule has 0 radical (unpaired) electrons. The van der Waals surface area contributed by atoms with Gasteiger partial charge in [0.15, 0.2) is 11.5 Å². The van der Waals surface area contributed by atoms with Gasteiger partial charge in [-0.15, -0.1) is 0 Å². The van der Waals surface area contributed by atoms with E-state index in [-0.39, 0.29) is 51.1 Å². The SMILES string of the molecule is Cn1c(-c2cn(CC3CCC3)nc2C(F)(F)F)cnc1C(=O)Nc1ccc(C(=O)N2CCN(C(=O)C3CCNCC3)CC2)c(Cl)c1. The third-order valence-corrected chi connectivity index (χ3v) is 9.50. The molecule has 0 unspecified atom stereocenters. The Bertz CT molecular complexity index is 1620. The van der Waals surface area contributed by atoms with Crippen molar-refractivity contribution in [2.24, 2.45) is 18.9 Å². The minimum Gasteiger partial charge on any atom is -0.339 e. The van der Waals surface area contributed by atoms with Crippen molar-refractivity contribution in [1.82, 2.24) is 34.4 Å². The second-order valence-electron chi connectivity index (χ2n) is 12.2. The summed E-state index contributed by atoms with van der Waals surface area (Å²) in [4.78, 5) is 46.9. The van der Waals surface area contributed by atoms with Crippen LogP contribution in [0.15, 0.2) is 30.6 Å². The van der Waals surface area contributed by atoms with Gasteiger partial charge < -0.3 is 25.0 Å². The molecule has 0 spiro atoms. The van der Waals surface area contributed by atoms with Gasteiger partial charge >= 0.3 is 6.18 Å². The lowest BCUT2D eigenvalue weighted by Crippen LogP contribution is -2.52. The molecular weight excluding hydrogens is 625 g/mol. The molecule has 11 nitrogen and oxygen atoms in total. The van der Waals surface area contributed by atoms with Crippen LogP contribution in [-0.2, 0) is 24.6 Å². The first-order valence-electron chi connectivity index (χ1n) is 15.6. The van der Waals surface area contributed by atoms with Crippen LogP contribution in [0.1, 0.15) is 58.8 Å². The molecule has 246 valence electrons. The minimum absolute atomic E-state index is 0.0241. The Labute approximate surface area is 269 Å². The van der Waals surface area contributed by atoms with Gasteiger partial charge in [0.2, 0.25) is 5.91 Å². The number of carbonyl (C=O) groups excluding carboxylic acids is 3. The van der Waals surface area contributed by atoms with Gasteiger partial charge in [-0.05, 0) is 62.9 Å². The normalized spacial score (nSPS) is 18.0. The molecule has 46 heavy (non-hydrogen) atoms. The maximum absolute atomic E-state index is 13.9. The molecular formula is C31H36ClF3N8O3. The monoisotopic (exact) mass is 660 g/mol. The van der Waals surface area contributed by atoms with Crippen molar-refractivity contribution >= 4 is 35.0 Å². The van der Waals surface area contributed by atoms with Crippen LogP contribution in [0.4, 0.5) is 18.9 Å². The zero-order chi connectivity index (χ0) is 32.6. The van der Waals surface area contributed by atoms with Gasteiger partial charge in [0.1, 0.15) is 0 Å². The fourth-order valence-electron chi connectivity index (χ4n) is 6.30. The number of amides is 3. The fraction of sp³-hybridized carbons (Fsp3) is 0.516. The summed E-state index contributed by atoms with van der Waals surface area (Å²) in [7, 11) is 1.47. The van der Waals surface area contributed by atoms with E-state index in [2.05, 4.69) is 20.7 Å². The lowest BCUT2D eigenvalue weighted by atomic mass is 9.85. The molecule has 3 fully saturated rings. The molecule has 1 aromatic carbocycles. The summed E-state index contributed by atoms with van der Waals surface area (Å²) in [6, 6.07) is 4.49. The number of hydrogen-bond acceptors (Lipinski definition) is 6. The van der Waals surface area contributed by atoms with Gasteiger partial charge in [-0.3, -0.25) is 19.1 Å². The highest BCUT2D eigenvalue weighted by molar-refractivity contribution is 6.34. The van der Waals surface area contributed by atoms with Crippen molar-refractivity contribution in [2.45, 2.75) is 44.8 Å². The highest BCUT2D eigenvalue weighted by Crippen LogP contribution is 2.37. The van der Waals surface area contributed by atoms with Crippen LogP contribution in [-0.4, -0.2) is 86.1 Å². The summed E-state index contributed by atoms with van der Waals surface area (Å²) < 4.78 is 44.3. The summed E-state index contributed by atoms with van der Waals surface area (Å²) >= 11 is 6.48. The van der Waals surface area contributed by atoms with E-state index in [1.165, 1.54) is 46.9 Å². The van der Waals surface area contributed by atoms with Gasteiger partial charge in [0.25, 0.3) is 11.8 Å². The Morgan fingerprint density at radius 1 is 1.04 bits per heavy atom. The number of nitrogens with one attached hydrogen (secondary N) is 2. The Hall–Kier alpha value is -3.91. The predicted octanol–water partition coefficient (Wildman–Crippen LogP) is 4.29. The van der Waals surface area contributed by atoms with E-state index in [1.54, 1.807) is 4.90 Å². The maximum atomic E-state index is 13.9. The van der Waals surface area contributed by atoms with Gasteiger partial charge in [0.05, 0.1) is 28.0 Å². The number of aromatic nitrogens is 4.